The Kier molecular flexibility index (Phi) is 12.6. The molecule has 300 valence electrons. The number of rotatable bonds is 14. The van der Waals surface area contributed by atoms with Crippen LogP contribution in [0.4, 0.5) is 0 Å². The molecule has 3 heterocycles. The number of aromatic amines is 1. The Hall–Kier alpha value is -5.16. The summed E-state index contributed by atoms with van der Waals surface area (Å²) in [7, 11) is 1.57. The second kappa shape index (κ2) is 18.0. The lowest BCUT2D eigenvalue weighted by Gasteiger charge is -2.39. The maximum absolute atomic E-state index is 14.9. The number of fused-ring (bicyclic) bond motifs is 1. The summed E-state index contributed by atoms with van der Waals surface area (Å²) < 4.78 is 0. The van der Waals surface area contributed by atoms with Gasteiger partial charge < -0.3 is 30.3 Å². The Labute approximate surface area is 339 Å². The van der Waals surface area contributed by atoms with Crippen LogP contribution in [0.25, 0.3) is 10.9 Å². The molecule has 11 nitrogen and oxygen atoms in total. The normalized spacial score (nSPS) is 21.6. The van der Waals surface area contributed by atoms with Crippen LogP contribution in [0.1, 0.15) is 74.0 Å². The summed E-state index contributed by atoms with van der Waals surface area (Å²) in [6, 6.07) is 24.7. The van der Waals surface area contributed by atoms with E-state index in [0.717, 1.165) is 53.3 Å². The lowest BCUT2D eigenvalue weighted by Crippen LogP contribution is -2.62. The zero-order chi connectivity index (χ0) is 39.9. The van der Waals surface area contributed by atoms with Crippen molar-refractivity contribution in [1.82, 2.24) is 30.3 Å². The van der Waals surface area contributed by atoms with Crippen LogP contribution in [-0.2, 0) is 36.8 Å². The van der Waals surface area contributed by atoms with Gasteiger partial charge in [-0.05, 0) is 80.5 Å². The minimum atomic E-state index is -1.35. The number of nitrogens with zero attached hydrogens (tertiary/aromatic N) is 3. The third-order valence-electron chi connectivity index (χ3n) is 12.2. The van der Waals surface area contributed by atoms with Gasteiger partial charge in [-0.2, -0.15) is 0 Å². The van der Waals surface area contributed by atoms with E-state index in [2.05, 4.69) is 15.6 Å². The van der Waals surface area contributed by atoms with Crippen LogP contribution >= 0.6 is 11.6 Å². The monoisotopic (exact) mass is 792 g/mol. The lowest BCUT2D eigenvalue weighted by atomic mass is 9.96. The standard InChI is InChI=1S/C45H53ClN6O5/c1-50(40(53)29-46)39(27-32-17-7-3-8-18-32)43(56)52-26-14-11-21-38(52)41(54)49-45(28-35(45)34-30-47-36-20-10-9-19-33(34)36)44(57)48-37(23-22-31-15-5-2-6-16-31)42(55)51-24-12-4-13-25-51/h2-3,5-10,15-20,30,35,37-39,47H,4,11-14,21-29H2,1H3,(H,48,57)(H,49,54)/t35?,37-,38-,39-,45?/m0/s1. The third kappa shape index (κ3) is 8.88. The molecule has 1 aliphatic carbocycles. The molecule has 3 aliphatic rings. The molecule has 3 aromatic carbocycles. The molecule has 2 aliphatic heterocycles. The fraction of sp³-hybridized carbons (Fsp3) is 0.444. The van der Waals surface area contributed by atoms with Crippen LogP contribution in [0.5, 0.6) is 0 Å². The average Bonchev–Trinajstić information content (AvgIpc) is 3.82. The number of carbonyl (C=O) groups is 5. The van der Waals surface area contributed by atoms with E-state index in [-0.39, 0.29) is 35.9 Å². The number of para-hydroxylation sites is 1. The largest absolute Gasteiger partial charge is 0.361 e. The van der Waals surface area contributed by atoms with Crippen LogP contribution in [0.15, 0.2) is 91.1 Å². The zero-order valence-corrected chi connectivity index (χ0v) is 33.4. The first-order chi connectivity index (χ1) is 27.7. The Morgan fingerprint density at radius 3 is 2.23 bits per heavy atom. The van der Waals surface area contributed by atoms with Gasteiger partial charge in [0.05, 0.1) is 0 Å². The fourth-order valence-corrected chi connectivity index (χ4v) is 8.95. The van der Waals surface area contributed by atoms with Crippen LogP contribution in [0.2, 0.25) is 0 Å². The lowest BCUT2D eigenvalue weighted by molar-refractivity contribution is -0.150. The van der Waals surface area contributed by atoms with E-state index in [4.69, 9.17) is 11.6 Å². The number of benzene rings is 3. The highest BCUT2D eigenvalue weighted by Crippen LogP contribution is 2.53. The van der Waals surface area contributed by atoms with Crippen molar-refractivity contribution in [3.63, 3.8) is 0 Å². The number of amides is 5. The Balaban J connectivity index is 1.17. The number of aromatic nitrogens is 1. The van der Waals surface area contributed by atoms with Gasteiger partial charge in [-0.15, -0.1) is 11.6 Å². The van der Waals surface area contributed by atoms with E-state index in [1.807, 2.05) is 96.0 Å². The summed E-state index contributed by atoms with van der Waals surface area (Å²) in [5, 5.41) is 7.31. The fourth-order valence-electron chi connectivity index (χ4n) is 8.76. The van der Waals surface area contributed by atoms with Crippen LogP contribution in [0, 0.1) is 0 Å². The Morgan fingerprint density at radius 2 is 1.51 bits per heavy atom. The minimum absolute atomic E-state index is 0.103. The van der Waals surface area contributed by atoms with Crippen molar-refractivity contribution in [2.45, 2.75) is 93.8 Å². The first-order valence-electron chi connectivity index (χ1n) is 20.4. The van der Waals surface area contributed by atoms with Gasteiger partial charge in [-0.25, -0.2) is 0 Å². The maximum Gasteiger partial charge on any atom is 0.247 e. The van der Waals surface area contributed by atoms with Gasteiger partial charge in [-0.1, -0.05) is 78.9 Å². The second-order valence-corrected chi connectivity index (χ2v) is 16.1. The molecule has 0 spiro atoms. The molecule has 57 heavy (non-hydrogen) atoms. The number of hydrogen-bond acceptors (Lipinski definition) is 5. The minimum Gasteiger partial charge on any atom is -0.361 e. The van der Waals surface area contributed by atoms with Crippen molar-refractivity contribution >= 4 is 52.0 Å². The van der Waals surface area contributed by atoms with E-state index < -0.39 is 35.5 Å². The molecule has 2 unspecified atom stereocenters. The molecular weight excluding hydrogens is 740 g/mol. The zero-order valence-electron chi connectivity index (χ0n) is 32.6. The van der Waals surface area contributed by atoms with Gasteiger partial charge in [-0.3, -0.25) is 24.0 Å². The molecule has 5 amide bonds. The van der Waals surface area contributed by atoms with Gasteiger partial charge in [0, 0.05) is 56.1 Å². The Morgan fingerprint density at radius 1 is 0.842 bits per heavy atom. The molecule has 7 rings (SSSR count). The molecule has 1 saturated carbocycles. The first-order valence-corrected chi connectivity index (χ1v) is 20.9. The summed E-state index contributed by atoms with van der Waals surface area (Å²) in [6.07, 6.45) is 8.24. The van der Waals surface area contributed by atoms with Crippen molar-refractivity contribution in [2.24, 2.45) is 0 Å². The van der Waals surface area contributed by atoms with E-state index in [9.17, 15) is 24.0 Å². The van der Waals surface area contributed by atoms with Gasteiger partial charge in [0.15, 0.2) is 0 Å². The quantitative estimate of drug-likeness (QED) is 0.149. The number of likely N-dealkylation sites (N-methyl/N-ethyl adjacent to an activating group) is 1. The van der Waals surface area contributed by atoms with Gasteiger partial charge in [0.25, 0.3) is 0 Å². The molecule has 12 heteroatoms. The average molecular weight is 793 g/mol. The number of hydrogen-bond donors (Lipinski definition) is 3. The summed E-state index contributed by atoms with van der Waals surface area (Å²) >= 11 is 5.97. The highest BCUT2D eigenvalue weighted by atomic mass is 35.5. The number of halogens is 1. The number of nitrogens with one attached hydrogen (secondary N) is 3. The molecule has 4 aromatic rings. The molecule has 0 bridgehead atoms. The highest BCUT2D eigenvalue weighted by Gasteiger charge is 2.63. The molecule has 3 fully saturated rings. The maximum atomic E-state index is 14.9. The molecule has 3 N–H and O–H groups in total. The van der Waals surface area contributed by atoms with E-state index >= 15 is 0 Å². The van der Waals surface area contributed by atoms with Crippen LogP contribution in [0.3, 0.4) is 0 Å². The van der Waals surface area contributed by atoms with Gasteiger partial charge >= 0.3 is 0 Å². The third-order valence-corrected chi connectivity index (χ3v) is 12.4. The smallest absolute Gasteiger partial charge is 0.247 e. The summed E-state index contributed by atoms with van der Waals surface area (Å²) in [6.45, 7) is 1.64. The van der Waals surface area contributed by atoms with Crippen molar-refractivity contribution in [2.75, 3.05) is 32.6 Å². The summed E-state index contributed by atoms with van der Waals surface area (Å²) in [5.41, 5.74) is 2.42. The topological polar surface area (TPSA) is 135 Å². The second-order valence-electron chi connectivity index (χ2n) is 15.8. The van der Waals surface area contributed by atoms with Crippen LogP contribution in [-0.4, -0.2) is 105 Å². The molecule has 1 aromatic heterocycles. The van der Waals surface area contributed by atoms with E-state index in [1.54, 1.807) is 11.9 Å². The molecular formula is C45H53ClN6O5. The number of H-pyrrole nitrogens is 1. The SMILES string of the molecule is CN(C(=O)CCl)[C@@H](Cc1ccccc1)C(=O)N1CCCC[C@H]1C(=O)NC1(C(=O)N[C@@H](CCc2ccccc2)C(=O)N2CCCCC2)CC1c1c[nH]c2ccccc12. The molecule has 0 radical (unpaired) electrons. The van der Waals surface area contributed by atoms with Crippen molar-refractivity contribution in [3.05, 3.63) is 108 Å². The summed E-state index contributed by atoms with van der Waals surface area (Å²) in [5.74, 6) is -2.31. The highest BCUT2D eigenvalue weighted by molar-refractivity contribution is 6.27. The number of aryl methyl sites for hydroxylation is 1. The number of alkyl halides is 1. The molecule has 2 saturated heterocycles. The Bertz CT molecular complexity index is 2050. The predicted molar refractivity (Wildman–Crippen MR) is 220 cm³/mol. The van der Waals surface area contributed by atoms with Crippen LogP contribution < -0.4 is 10.6 Å². The van der Waals surface area contributed by atoms with Gasteiger partial charge in [0.1, 0.15) is 29.5 Å². The predicted octanol–water partition coefficient (Wildman–Crippen LogP) is 5.33. The number of piperidine rings is 2. The van der Waals surface area contributed by atoms with E-state index in [0.29, 0.717) is 51.7 Å². The van der Waals surface area contributed by atoms with Crippen molar-refractivity contribution in [3.8, 4) is 0 Å². The molecule has 5 atom stereocenters. The summed E-state index contributed by atoms with van der Waals surface area (Å²) in [4.78, 5) is 79.3. The number of carbonyl (C=O) groups excluding carboxylic acids is 5. The van der Waals surface area contributed by atoms with Gasteiger partial charge in [0.2, 0.25) is 29.5 Å². The first kappa shape index (κ1) is 40.1. The van der Waals surface area contributed by atoms with Crippen molar-refractivity contribution in [1.29, 1.82) is 0 Å². The number of likely N-dealkylation sites (tertiary alicyclic amines) is 2. The van der Waals surface area contributed by atoms with E-state index in [1.165, 1.54) is 4.90 Å². The van der Waals surface area contributed by atoms with Crippen molar-refractivity contribution < 1.29 is 24.0 Å².